The number of hydrogen-bond acceptors (Lipinski definition) is 5. The van der Waals surface area contributed by atoms with Crippen LogP contribution in [0.15, 0.2) is 18.3 Å². The van der Waals surface area contributed by atoms with Crippen LogP contribution in [0.5, 0.6) is 5.88 Å². The lowest BCUT2D eigenvalue weighted by molar-refractivity contribution is -0.123. The average molecular weight is 320 g/mol. The normalized spacial score (nSPS) is 15.6. The van der Waals surface area contributed by atoms with Crippen LogP contribution in [0.1, 0.15) is 24.2 Å². The molecule has 0 aliphatic carbocycles. The van der Waals surface area contributed by atoms with Crippen LogP contribution in [-0.2, 0) is 4.79 Å². The maximum Gasteiger partial charge on any atom is 0.259 e. The predicted octanol–water partition coefficient (Wildman–Crippen LogP) is 0.373. The number of pyridine rings is 1. The summed E-state index contributed by atoms with van der Waals surface area (Å²) in [5, 5.41) is 2.88. The van der Waals surface area contributed by atoms with E-state index in [1.165, 1.54) is 7.11 Å². The second-order valence-corrected chi connectivity index (χ2v) is 5.85. The van der Waals surface area contributed by atoms with Crippen molar-refractivity contribution in [1.29, 1.82) is 0 Å². The quantitative estimate of drug-likeness (QED) is 0.848. The molecule has 0 bridgehead atoms. The summed E-state index contributed by atoms with van der Waals surface area (Å²) < 4.78 is 5.15. The molecule has 0 unspecified atom stereocenters. The molecule has 0 saturated carbocycles. The Kier molecular flexibility index (Phi) is 5.92. The molecule has 7 nitrogen and oxygen atoms in total. The summed E-state index contributed by atoms with van der Waals surface area (Å²) in [6.07, 6.45) is 1.60. The van der Waals surface area contributed by atoms with Crippen molar-refractivity contribution in [2.24, 2.45) is 0 Å². The third kappa shape index (κ3) is 4.66. The molecule has 1 aromatic rings. The maximum atomic E-state index is 12.6. The Bertz CT molecular complexity index is 554. The van der Waals surface area contributed by atoms with Crippen LogP contribution in [0, 0.1) is 0 Å². The minimum absolute atomic E-state index is 0.0219. The van der Waals surface area contributed by atoms with E-state index in [1.807, 2.05) is 13.8 Å². The van der Waals surface area contributed by atoms with E-state index >= 15 is 0 Å². The molecule has 1 aliphatic rings. The Balaban J connectivity index is 1.89. The Hall–Kier alpha value is -2.15. The zero-order valence-electron chi connectivity index (χ0n) is 13.9. The zero-order valence-corrected chi connectivity index (χ0v) is 13.9. The van der Waals surface area contributed by atoms with Gasteiger partial charge >= 0.3 is 0 Å². The van der Waals surface area contributed by atoms with Gasteiger partial charge < -0.3 is 15.0 Å². The molecule has 0 atom stereocenters. The Morgan fingerprint density at radius 2 is 2.00 bits per heavy atom. The van der Waals surface area contributed by atoms with Gasteiger partial charge in [-0.25, -0.2) is 4.98 Å². The Labute approximate surface area is 136 Å². The molecule has 2 heterocycles. The van der Waals surface area contributed by atoms with Gasteiger partial charge in [0, 0.05) is 38.4 Å². The molecule has 1 fully saturated rings. The first kappa shape index (κ1) is 17.2. The summed E-state index contributed by atoms with van der Waals surface area (Å²) in [7, 11) is 1.50. The molecular weight excluding hydrogens is 296 g/mol. The van der Waals surface area contributed by atoms with Crippen LogP contribution in [0.3, 0.4) is 0 Å². The minimum Gasteiger partial charge on any atom is -0.480 e. The smallest absolute Gasteiger partial charge is 0.259 e. The standard InChI is InChI=1S/C16H24N4O3/c1-12(2)18-14(21)11-19-7-9-20(10-8-19)16(22)13-5-4-6-17-15(13)23-3/h4-6,12H,7-11H2,1-3H3,(H,18,21). The van der Waals surface area contributed by atoms with Crippen LogP contribution in [0.2, 0.25) is 0 Å². The third-order valence-corrected chi connectivity index (χ3v) is 3.67. The van der Waals surface area contributed by atoms with Crippen LogP contribution >= 0.6 is 0 Å². The number of methoxy groups -OCH3 is 1. The van der Waals surface area contributed by atoms with Gasteiger partial charge in [0.05, 0.1) is 13.7 Å². The van der Waals surface area contributed by atoms with Crippen molar-refractivity contribution in [3.63, 3.8) is 0 Å². The van der Waals surface area contributed by atoms with Gasteiger partial charge in [-0.05, 0) is 26.0 Å². The summed E-state index contributed by atoms with van der Waals surface area (Å²) in [6, 6.07) is 3.59. The largest absolute Gasteiger partial charge is 0.480 e. The minimum atomic E-state index is -0.0822. The van der Waals surface area contributed by atoms with E-state index in [2.05, 4.69) is 15.2 Å². The maximum absolute atomic E-state index is 12.6. The molecule has 2 amide bonds. The lowest BCUT2D eigenvalue weighted by Gasteiger charge is -2.34. The second-order valence-electron chi connectivity index (χ2n) is 5.85. The molecule has 1 N–H and O–H groups in total. The topological polar surface area (TPSA) is 74.8 Å². The van der Waals surface area contributed by atoms with Gasteiger partial charge in [-0.2, -0.15) is 0 Å². The highest BCUT2D eigenvalue weighted by atomic mass is 16.5. The number of nitrogens with one attached hydrogen (secondary N) is 1. The summed E-state index contributed by atoms with van der Waals surface area (Å²) >= 11 is 0. The molecule has 126 valence electrons. The molecule has 2 rings (SSSR count). The molecule has 0 spiro atoms. The van der Waals surface area contributed by atoms with Crippen molar-refractivity contribution in [2.75, 3.05) is 39.8 Å². The number of nitrogens with zero attached hydrogens (tertiary/aromatic N) is 3. The SMILES string of the molecule is COc1ncccc1C(=O)N1CCN(CC(=O)NC(C)C)CC1. The van der Waals surface area contributed by atoms with Crippen LogP contribution in [0.4, 0.5) is 0 Å². The predicted molar refractivity (Wildman–Crippen MR) is 86.4 cm³/mol. The lowest BCUT2D eigenvalue weighted by atomic mass is 10.2. The summed E-state index contributed by atoms with van der Waals surface area (Å²) in [5.74, 6) is 0.283. The number of aromatic nitrogens is 1. The summed E-state index contributed by atoms with van der Waals surface area (Å²) in [5.41, 5.74) is 0.473. The van der Waals surface area contributed by atoms with Gasteiger partial charge in [-0.15, -0.1) is 0 Å². The second kappa shape index (κ2) is 7.92. The highest BCUT2D eigenvalue weighted by molar-refractivity contribution is 5.96. The highest BCUT2D eigenvalue weighted by Gasteiger charge is 2.25. The van der Waals surface area contributed by atoms with Crippen molar-refractivity contribution in [1.82, 2.24) is 20.1 Å². The van der Waals surface area contributed by atoms with Crippen LogP contribution < -0.4 is 10.1 Å². The number of hydrogen-bond donors (Lipinski definition) is 1. The monoisotopic (exact) mass is 320 g/mol. The first-order valence-electron chi connectivity index (χ1n) is 7.81. The molecule has 1 aromatic heterocycles. The molecule has 0 aromatic carbocycles. The molecule has 7 heteroatoms. The third-order valence-electron chi connectivity index (χ3n) is 3.67. The van der Waals surface area contributed by atoms with Crippen LogP contribution in [-0.4, -0.2) is 72.5 Å². The van der Waals surface area contributed by atoms with Crippen molar-refractivity contribution in [2.45, 2.75) is 19.9 Å². The van der Waals surface area contributed by atoms with E-state index in [9.17, 15) is 9.59 Å². The van der Waals surface area contributed by atoms with Crippen LogP contribution in [0.25, 0.3) is 0 Å². The fourth-order valence-electron chi connectivity index (χ4n) is 2.57. The van der Waals surface area contributed by atoms with E-state index in [-0.39, 0.29) is 17.9 Å². The van der Waals surface area contributed by atoms with Gasteiger partial charge in [0.1, 0.15) is 5.56 Å². The number of rotatable bonds is 5. The van der Waals surface area contributed by atoms with Crippen molar-refractivity contribution in [3.8, 4) is 5.88 Å². The fourth-order valence-corrected chi connectivity index (χ4v) is 2.57. The van der Waals surface area contributed by atoms with Gasteiger partial charge in [-0.3, -0.25) is 14.5 Å². The van der Waals surface area contributed by atoms with Crippen molar-refractivity contribution >= 4 is 11.8 Å². The van der Waals surface area contributed by atoms with Gasteiger partial charge in [0.25, 0.3) is 5.91 Å². The molecule has 0 radical (unpaired) electrons. The first-order valence-corrected chi connectivity index (χ1v) is 7.81. The Morgan fingerprint density at radius 3 is 2.61 bits per heavy atom. The van der Waals surface area contributed by atoms with Gasteiger partial charge in [-0.1, -0.05) is 0 Å². The zero-order chi connectivity index (χ0) is 16.8. The van der Waals surface area contributed by atoms with Gasteiger partial charge in [0.15, 0.2) is 0 Å². The van der Waals surface area contributed by atoms with E-state index < -0.39 is 0 Å². The number of ether oxygens (including phenoxy) is 1. The van der Waals surface area contributed by atoms with Crippen molar-refractivity contribution in [3.05, 3.63) is 23.9 Å². The number of carbonyl (C=O) groups is 2. The fraction of sp³-hybridized carbons (Fsp3) is 0.562. The van der Waals surface area contributed by atoms with Gasteiger partial charge in [0.2, 0.25) is 11.8 Å². The van der Waals surface area contributed by atoms with E-state index in [0.717, 1.165) is 0 Å². The van der Waals surface area contributed by atoms with E-state index in [1.54, 1.807) is 23.2 Å². The summed E-state index contributed by atoms with van der Waals surface area (Å²) in [4.78, 5) is 32.2. The highest BCUT2D eigenvalue weighted by Crippen LogP contribution is 2.17. The molecule has 1 saturated heterocycles. The molecule has 1 aliphatic heterocycles. The lowest BCUT2D eigenvalue weighted by Crippen LogP contribution is -2.51. The van der Waals surface area contributed by atoms with E-state index in [0.29, 0.717) is 44.2 Å². The number of piperazine rings is 1. The number of amides is 2. The average Bonchev–Trinajstić information content (AvgIpc) is 2.54. The van der Waals surface area contributed by atoms with E-state index in [4.69, 9.17) is 4.74 Å². The first-order chi connectivity index (χ1) is 11.0. The molecular formula is C16H24N4O3. The van der Waals surface area contributed by atoms with Crippen molar-refractivity contribution < 1.29 is 14.3 Å². The molecule has 23 heavy (non-hydrogen) atoms. The Morgan fingerprint density at radius 1 is 1.30 bits per heavy atom. The number of carbonyl (C=O) groups excluding carboxylic acids is 2. The summed E-state index contributed by atoms with van der Waals surface area (Å²) in [6.45, 7) is 6.79.